The maximum atomic E-state index is 11.6. The van der Waals surface area contributed by atoms with Crippen LogP contribution < -0.4 is 15.4 Å². The van der Waals surface area contributed by atoms with Gasteiger partial charge in [-0.25, -0.2) is 0 Å². The lowest BCUT2D eigenvalue weighted by atomic mass is 9.93. The van der Waals surface area contributed by atoms with Crippen molar-refractivity contribution in [2.75, 3.05) is 10.6 Å². The van der Waals surface area contributed by atoms with Crippen molar-refractivity contribution in [3.63, 3.8) is 0 Å². The monoisotopic (exact) mass is 524 g/mol. The Morgan fingerprint density at radius 3 is 2.38 bits per heavy atom. The summed E-state index contributed by atoms with van der Waals surface area (Å²) in [4.78, 5) is 22.3. The highest BCUT2D eigenvalue weighted by Gasteiger charge is 2.17. The Kier molecular flexibility index (Phi) is 7.18. The van der Waals surface area contributed by atoms with E-state index in [2.05, 4.69) is 67.6 Å². The highest BCUT2D eigenvalue weighted by Crippen LogP contribution is 2.37. The van der Waals surface area contributed by atoms with Crippen molar-refractivity contribution in [2.45, 2.75) is 45.3 Å². The third-order valence-corrected chi connectivity index (χ3v) is 5.77. The molecule has 8 heteroatoms. The molecular formula is C21H22Br2N2O4. The highest BCUT2D eigenvalue weighted by atomic mass is 79.9. The van der Waals surface area contributed by atoms with E-state index in [-0.39, 0.29) is 0 Å². The summed E-state index contributed by atoms with van der Waals surface area (Å²) in [6.45, 7) is 2.46. The largest absolute Gasteiger partial charge is 0.487 e. The molecule has 6 nitrogen and oxygen atoms in total. The van der Waals surface area contributed by atoms with Crippen LogP contribution in [0.2, 0.25) is 0 Å². The molecule has 1 fully saturated rings. The lowest BCUT2D eigenvalue weighted by molar-refractivity contribution is -0.139. The van der Waals surface area contributed by atoms with E-state index in [4.69, 9.17) is 9.84 Å². The number of aryl methyl sites for hydroxylation is 1. The molecule has 0 aliphatic heterocycles. The molecule has 3 rings (SSSR count). The van der Waals surface area contributed by atoms with Gasteiger partial charge in [-0.15, -0.1) is 0 Å². The Morgan fingerprint density at radius 2 is 1.79 bits per heavy atom. The lowest BCUT2D eigenvalue weighted by Gasteiger charge is -2.28. The maximum Gasteiger partial charge on any atom is 0.312 e. The average molecular weight is 526 g/mol. The molecule has 0 bridgehead atoms. The number of carbonyl (C=O) groups is 2. The van der Waals surface area contributed by atoms with Gasteiger partial charge in [0.1, 0.15) is 18.8 Å². The molecule has 0 unspecified atom stereocenters. The fourth-order valence-electron chi connectivity index (χ4n) is 3.09. The molecule has 1 aliphatic rings. The second-order valence-corrected chi connectivity index (χ2v) is 8.86. The zero-order valence-electron chi connectivity index (χ0n) is 15.9. The molecule has 154 valence electrons. The van der Waals surface area contributed by atoms with Gasteiger partial charge < -0.3 is 20.5 Å². The first-order chi connectivity index (χ1) is 13.8. The van der Waals surface area contributed by atoms with Gasteiger partial charge in [-0.1, -0.05) is 6.07 Å². The lowest BCUT2D eigenvalue weighted by Crippen LogP contribution is -2.27. The molecule has 3 N–H and O–H groups in total. The third-order valence-electron chi connectivity index (χ3n) is 4.59. The van der Waals surface area contributed by atoms with Gasteiger partial charge in [-0.2, -0.15) is 0 Å². The minimum Gasteiger partial charge on any atom is -0.487 e. The maximum absolute atomic E-state index is 11.6. The molecule has 0 aromatic heterocycles. The molecule has 0 heterocycles. The summed E-state index contributed by atoms with van der Waals surface area (Å²) in [6, 6.07) is 10.3. The van der Waals surface area contributed by atoms with E-state index in [0.29, 0.717) is 33.0 Å². The molecule has 0 spiro atoms. The number of carboxylic acids is 1. The molecule has 0 saturated heterocycles. The SMILES string of the molecule is Cc1cc(COc2c(Br)cc(NC(=O)CC(=O)O)cc2Br)cc(NC2CCC2)c1. The van der Waals surface area contributed by atoms with Crippen LogP contribution in [0.3, 0.4) is 0 Å². The normalized spacial score (nSPS) is 13.5. The van der Waals surface area contributed by atoms with Crippen molar-refractivity contribution in [1.82, 2.24) is 0 Å². The van der Waals surface area contributed by atoms with E-state index in [0.717, 1.165) is 11.3 Å². The molecule has 1 saturated carbocycles. The van der Waals surface area contributed by atoms with E-state index in [1.807, 2.05) is 0 Å². The third kappa shape index (κ3) is 6.21. The van der Waals surface area contributed by atoms with Gasteiger partial charge in [0.15, 0.2) is 0 Å². The topological polar surface area (TPSA) is 87.7 Å². The van der Waals surface area contributed by atoms with E-state index >= 15 is 0 Å². The first-order valence-electron chi connectivity index (χ1n) is 9.31. The standard InChI is InChI=1S/C21H22Br2N2O4/c1-12-5-13(7-15(6-12)24-14-3-2-4-14)11-29-21-17(22)8-16(9-18(21)23)25-19(26)10-20(27)28/h5-9,14,24H,2-4,10-11H2,1H3,(H,25,26)(H,27,28). The van der Waals surface area contributed by atoms with E-state index < -0.39 is 18.3 Å². The number of ether oxygens (including phenoxy) is 1. The molecule has 29 heavy (non-hydrogen) atoms. The Labute approximate surface area is 186 Å². The Bertz CT molecular complexity index is 906. The number of rotatable bonds is 8. The van der Waals surface area contributed by atoms with Crippen LogP contribution in [0, 0.1) is 6.92 Å². The number of halogens is 2. The molecule has 2 aromatic carbocycles. The van der Waals surface area contributed by atoms with Gasteiger partial charge >= 0.3 is 5.97 Å². The minimum absolute atomic E-state index is 0.392. The van der Waals surface area contributed by atoms with Gasteiger partial charge in [0, 0.05) is 17.4 Å². The van der Waals surface area contributed by atoms with Crippen molar-refractivity contribution in [3.8, 4) is 5.75 Å². The zero-order valence-corrected chi connectivity index (χ0v) is 19.1. The number of anilines is 2. The summed E-state index contributed by atoms with van der Waals surface area (Å²) >= 11 is 6.91. The van der Waals surface area contributed by atoms with Gasteiger partial charge in [0.05, 0.1) is 8.95 Å². The first-order valence-corrected chi connectivity index (χ1v) is 10.9. The Balaban J connectivity index is 1.67. The average Bonchev–Trinajstić information content (AvgIpc) is 2.56. The van der Waals surface area contributed by atoms with Crippen molar-refractivity contribution in [2.24, 2.45) is 0 Å². The van der Waals surface area contributed by atoms with Crippen molar-refractivity contribution >= 4 is 55.1 Å². The number of carbonyl (C=O) groups excluding carboxylic acids is 1. The smallest absolute Gasteiger partial charge is 0.312 e. The van der Waals surface area contributed by atoms with Crippen molar-refractivity contribution in [1.29, 1.82) is 0 Å². The van der Waals surface area contributed by atoms with Crippen LogP contribution in [-0.4, -0.2) is 23.0 Å². The number of hydrogen-bond acceptors (Lipinski definition) is 4. The summed E-state index contributed by atoms with van der Waals surface area (Å²) in [7, 11) is 0. The molecular weight excluding hydrogens is 504 g/mol. The van der Waals surface area contributed by atoms with Crippen LogP contribution in [0.15, 0.2) is 39.3 Å². The molecule has 0 radical (unpaired) electrons. The number of amides is 1. The van der Waals surface area contributed by atoms with E-state index in [9.17, 15) is 9.59 Å². The number of nitrogens with one attached hydrogen (secondary N) is 2. The summed E-state index contributed by atoms with van der Waals surface area (Å²) in [5.41, 5.74) is 3.82. The van der Waals surface area contributed by atoms with Gasteiger partial charge in [-0.3, -0.25) is 9.59 Å². The minimum atomic E-state index is -1.18. The molecule has 2 aromatic rings. The number of hydrogen-bond donors (Lipinski definition) is 3. The second kappa shape index (κ2) is 9.63. The van der Waals surface area contributed by atoms with Crippen molar-refractivity contribution in [3.05, 3.63) is 50.4 Å². The van der Waals surface area contributed by atoms with Gasteiger partial charge in [0.2, 0.25) is 5.91 Å². The number of benzene rings is 2. The number of aliphatic carboxylic acids is 1. The molecule has 1 aliphatic carbocycles. The van der Waals surface area contributed by atoms with Crippen LogP contribution >= 0.6 is 31.9 Å². The van der Waals surface area contributed by atoms with Crippen LogP contribution in [0.25, 0.3) is 0 Å². The van der Waals surface area contributed by atoms with Gasteiger partial charge in [-0.05, 0) is 93.4 Å². The fourth-order valence-corrected chi connectivity index (χ4v) is 4.50. The van der Waals surface area contributed by atoms with Crippen LogP contribution in [-0.2, 0) is 16.2 Å². The van der Waals surface area contributed by atoms with E-state index in [1.54, 1.807) is 12.1 Å². The van der Waals surface area contributed by atoms with E-state index in [1.165, 1.54) is 24.8 Å². The summed E-state index contributed by atoms with van der Waals surface area (Å²) in [6.07, 6.45) is 3.14. The zero-order chi connectivity index (χ0) is 21.0. The second-order valence-electron chi connectivity index (χ2n) is 7.16. The molecule has 1 amide bonds. The number of carboxylic acid groups (broad SMARTS) is 1. The van der Waals surface area contributed by atoms with Gasteiger partial charge in [0.25, 0.3) is 0 Å². The van der Waals surface area contributed by atoms with Crippen LogP contribution in [0.4, 0.5) is 11.4 Å². The Morgan fingerprint density at radius 1 is 1.10 bits per heavy atom. The summed E-state index contributed by atoms with van der Waals surface area (Å²) in [5, 5.41) is 14.8. The highest BCUT2D eigenvalue weighted by molar-refractivity contribution is 9.11. The fraction of sp³-hybridized carbons (Fsp3) is 0.333. The summed E-state index contributed by atoms with van der Waals surface area (Å²) < 4.78 is 7.31. The quantitative estimate of drug-likeness (QED) is 0.397. The molecule has 0 atom stereocenters. The predicted molar refractivity (Wildman–Crippen MR) is 119 cm³/mol. The predicted octanol–water partition coefficient (Wildman–Crippen LogP) is 5.48. The van der Waals surface area contributed by atoms with Crippen LogP contribution in [0.5, 0.6) is 5.75 Å². The summed E-state index contributed by atoms with van der Waals surface area (Å²) in [5.74, 6) is -1.16. The van der Waals surface area contributed by atoms with Crippen molar-refractivity contribution < 1.29 is 19.4 Å². The first kappa shape index (κ1) is 21.6. The van der Waals surface area contributed by atoms with Crippen LogP contribution in [0.1, 0.15) is 36.8 Å². The Hall–Kier alpha value is -2.06.